The molecule has 3 rings (SSSR count). The van der Waals surface area contributed by atoms with Crippen molar-refractivity contribution in [1.29, 1.82) is 0 Å². The third-order valence-corrected chi connectivity index (χ3v) is 3.36. The van der Waals surface area contributed by atoms with Crippen molar-refractivity contribution >= 4 is 11.0 Å². The molecule has 0 amide bonds. The van der Waals surface area contributed by atoms with Gasteiger partial charge >= 0.3 is 0 Å². The summed E-state index contributed by atoms with van der Waals surface area (Å²) in [5.41, 5.74) is 6.01. The zero-order valence-electron chi connectivity index (χ0n) is 12.1. The lowest BCUT2D eigenvalue weighted by Crippen LogP contribution is -1.92. The zero-order chi connectivity index (χ0) is 14.3. The molecule has 5 nitrogen and oxygen atoms in total. The molecule has 0 bridgehead atoms. The molecule has 0 aliphatic carbocycles. The lowest BCUT2D eigenvalue weighted by Gasteiger charge is -2.03. The van der Waals surface area contributed by atoms with Gasteiger partial charge in [-0.2, -0.15) is 4.98 Å². The third kappa shape index (κ3) is 1.95. The van der Waals surface area contributed by atoms with Crippen molar-refractivity contribution in [2.45, 2.75) is 27.7 Å². The van der Waals surface area contributed by atoms with E-state index in [1.165, 1.54) is 0 Å². The molecule has 1 N–H and O–H groups in total. The topological polar surface area (TPSA) is 63.9 Å². The molecule has 0 aliphatic rings. The van der Waals surface area contributed by atoms with Crippen LogP contribution < -0.4 is 4.74 Å². The van der Waals surface area contributed by atoms with E-state index in [0.29, 0.717) is 12.6 Å². The van der Waals surface area contributed by atoms with E-state index in [9.17, 15) is 0 Å². The number of nitrogens with zero attached hydrogens (tertiary/aromatic N) is 2. The minimum Gasteiger partial charge on any atom is -0.465 e. The van der Waals surface area contributed by atoms with Crippen LogP contribution in [0.15, 0.2) is 16.7 Å². The van der Waals surface area contributed by atoms with Gasteiger partial charge in [0.25, 0.3) is 6.01 Å². The van der Waals surface area contributed by atoms with Gasteiger partial charge in [0.15, 0.2) is 0 Å². The molecule has 1 aromatic carbocycles. The Hall–Kier alpha value is -2.30. The fourth-order valence-corrected chi connectivity index (χ4v) is 2.51. The maximum absolute atomic E-state index is 5.43. The molecule has 0 unspecified atom stereocenters. The number of rotatable bonds is 3. The second kappa shape index (κ2) is 4.67. The Morgan fingerprint density at radius 3 is 2.70 bits per heavy atom. The fourth-order valence-electron chi connectivity index (χ4n) is 2.51. The first-order valence-electron chi connectivity index (χ1n) is 6.66. The van der Waals surface area contributed by atoms with Crippen LogP contribution in [0.25, 0.3) is 22.2 Å². The van der Waals surface area contributed by atoms with E-state index in [-0.39, 0.29) is 0 Å². The standard InChI is InChI=1S/C15H17N3O2/c1-5-19-15-16-12-7-11(6-8(2)14(12)17-15)13-9(3)18-20-10(13)4/h6-7H,5H2,1-4H3,(H,16,17). The van der Waals surface area contributed by atoms with E-state index in [0.717, 1.165) is 39.2 Å². The number of aromatic nitrogens is 3. The molecule has 0 atom stereocenters. The Morgan fingerprint density at radius 1 is 1.25 bits per heavy atom. The summed E-state index contributed by atoms with van der Waals surface area (Å²) in [4.78, 5) is 7.65. The van der Waals surface area contributed by atoms with Crippen molar-refractivity contribution in [3.63, 3.8) is 0 Å². The number of imidazole rings is 1. The van der Waals surface area contributed by atoms with Gasteiger partial charge in [0, 0.05) is 5.56 Å². The number of ether oxygens (including phenoxy) is 1. The Labute approximate surface area is 117 Å². The van der Waals surface area contributed by atoms with Crippen molar-refractivity contribution < 1.29 is 9.26 Å². The van der Waals surface area contributed by atoms with Crippen LogP contribution in [0, 0.1) is 20.8 Å². The summed E-state index contributed by atoms with van der Waals surface area (Å²) in [6, 6.07) is 4.72. The SMILES string of the molecule is CCOc1nc2c(C)cc(-c3c(C)noc3C)cc2[nH]1. The molecule has 2 aromatic heterocycles. The summed E-state index contributed by atoms with van der Waals surface area (Å²) in [6.07, 6.45) is 0. The van der Waals surface area contributed by atoms with Crippen LogP contribution in [0.3, 0.4) is 0 Å². The van der Waals surface area contributed by atoms with Gasteiger partial charge in [0.1, 0.15) is 5.76 Å². The second-order valence-electron chi connectivity index (χ2n) is 4.86. The van der Waals surface area contributed by atoms with E-state index in [1.54, 1.807) is 0 Å². The molecule has 5 heteroatoms. The normalized spacial score (nSPS) is 11.2. The van der Waals surface area contributed by atoms with E-state index < -0.39 is 0 Å². The molecule has 3 aromatic rings. The number of hydrogen-bond donors (Lipinski definition) is 1. The third-order valence-electron chi connectivity index (χ3n) is 3.36. The predicted octanol–water partition coefficient (Wildman–Crippen LogP) is 3.54. The quantitative estimate of drug-likeness (QED) is 0.791. The largest absolute Gasteiger partial charge is 0.465 e. The highest BCUT2D eigenvalue weighted by atomic mass is 16.5. The van der Waals surface area contributed by atoms with Crippen molar-refractivity contribution in [3.05, 3.63) is 29.2 Å². The highest BCUT2D eigenvalue weighted by Crippen LogP contribution is 2.31. The lowest BCUT2D eigenvalue weighted by atomic mass is 10.0. The molecule has 104 valence electrons. The molecule has 20 heavy (non-hydrogen) atoms. The Bertz CT molecular complexity index is 751. The molecule has 0 saturated heterocycles. The van der Waals surface area contributed by atoms with Crippen LogP contribution >= 0.6 is 0 Å². The maximum atomic E-state index is 5.43. The van der Waals surface area contributed by atoms with Gasteiger partial charge in [0.2, 0.25) is 0 Å². The summed E-state index contributed by atoms with van der Waals surface area (Å²) in [5, 5.41) is 4.01. The van der Waals surface area contributed by atoms with Gasteiger partial charge in [-0.3, -0.25) is 0 Å². The Morgan fingerprint density at radius 2 is 2.05 bits per heavy atom. The first-order chi connectivity index (χ1) is 9.60. The number of aryl methyl sites for hydroxylation is 3. The summed E-state index contributed by atoms with van der Waals surface area (Å²) in [6.45, 7) is 8.45. The van der Waals surface area contributed by atoms with Gasteiger partial charge in [-0.25, -0.2) is 0 Å². The minimum absolute atomic E-state index is 0.557. The van der Waals surface area contributed by atoms with Crippen LogP contribution in [0.5, 0.6) is 6.01 Å². The number of aromatic amines is 1. The van der Waals surface area contributed by atoms with E-state index in [1.807, 2.05) is 27.7 Å². The summed E-state index contributed by atoms with van der Waals surface area (Å²) in [5.74, 6) is 0.825. The van der Waals surface area contributed by atoms with E-state index in [4.69, 9.17) is 9.26 Å². The van der Waals surface area contributed by atoms with Crippen LogP contribution in [-0.2, 0) is 0 Å². The van der Waals surface area contributed by atoms with Crippen LogP contribution in [0.4, 0.5) is 0 Å². The van der Waals surface area contributed by atoms with E-state index in [2.05, 4.69) is 27.3 Å². The molecule has 2 heterocycles. The second-order valence-corrected chi connectivity index (χ2v) is 4.86. The number of H-pyrrole nitrogens is 1. The van der Waals surface area contributed by atoms with Crippen LogP contribution in [0.2, 0.25) is 0 Å². The Balaban J connectivity index is 2.19. The van der Waals surface area contributed by atoms with Gasteiger partial charge in [-0.15, -0.1) is 0 Å². The molecule has 0 radical (unpaired) electrons. The van der Waals surface area contributed by atoms with Gasteiger partial charge < -0.3 is 14.2 Å². The first kappa shape index (κ1) is 12.7. The smallest absolute Gasteiger partial charge is 0.294 e. The van der Waals surface area contributed by atoms with Crippen LogP contribution in [-0.4, -0.2) is 21.7 Å². The Kier molecular flexibility index (Phi) is 2.97. The zero-order valence-corrected chi connectivity index (χ0v) is 12.1. The molecule has 0 aliphatic heterocycles. The van der Waals surface area contributed by atoms with Gasteiger partial charge in [0.05, 0.1) is 23.3 Å². The number of fused-ring (bicyclic) bond motifs is 1. The van der Waals surface area contributed by atoms with Crippen molar-refractivity contribution in [2.75, 3.05) is 6.61 Å². The molecular weight excluding hydrogens is 254 g/mol. The van der Waals surface area contributed by atoms with Crippen molar-refractivity contribution in [1.82, 2.24) is 15.1 Å². The monoisotopic (exact) mass is 271 g/mol. The minimum atomic E-state index is 0.557. The predicted molar refractivity (Wildman–Crippen MR) is 77.0 cm³/mol. The number of nitrogens with one attached hydrogen (secondary N) is 1. The highest BCUT2D eigenvalue weighted by Gasteiger charge is 2.14. The average molecular weight is 271 g/mol. The van der Waals surface area contributed by atoms with E-state index >= 15 is 0 Å². The maximum Gasteiger partial charge on any atom is 0.294 e. The highest BCUT2D eigenvalue weighted by molar-refractivity contribution is 5.86. The summed E-state index contributed by atoms with van der Waals surface area (Å²) >= 11 is 0. The van der Waals surface area contributed by atoms with Gasteiger partial charge in [-0.05, 0) is 51.0 Å². The van der Waals surface area contributed by atoms with Crippen LogP contribution in [0.1, 0.15) is 23.9 Å². The summed E-state index contributed by atoms with van der Waals surface area (Å²) < 4.78 is 10.7. The van der Waals surface area contributed by atoms with Crippen molar-refractivity contribution in [2.24, 2.45) is 0 Å². The summed E-state index contributed by atoms with van der Waals surface area (Å²) in [7, 11) is 0. The van der Waals surface area contributed by atoms with Crippen molar-refractivity contribution in [3.8, 4) is 17.1 Å². The number of hydrogen-bond acceptors (Lipinski definition) is 4. The first-order valence-corrected chi connectivity index (χ1v) is 6.66. The number of benzene rings is 1. The molecule has 0 fully saturated rings. The average Bonchev–Trinajstić information content (AvgIpc) is 2.94. The molecule has 0 spiro atoms. The lowest BCUT2D eigenvalue weighted by molar-refractivity contribution is 0.317. The fraction of sp³-hybridized carbons (Fsp3) is 0.333. The molecular formula is C15H17N3O2. The van der Waals surface area contributed by atoms with Gasteiger partial charge in [-0.1, -0.05) is 5.16 Å². The molecule has 0 saturated carbocycles.